The van der Waals surface area contributed by atoms with Gasteiger partial charge in [0.2, 0.25) is 5.91 Å². The Morgan fingerprint density at radius 3 is 2.39 bits per heavy atom. The summed E-state index contributed by atoms with van der Waals surface area (Å²) in [7, 11) is 3.10. The van der Waals surface area contributed by atoms with Gasteiger partial charge < -0.3 is 19.1 Å². The Kier molecular flexibility index (Phi) is 7.61. The average molecular weight is 393 g/mol. The molecule has 0 spiro atoms. The second-order valence-electron chi connectivity index (χ2n) is 6.22. The molecule has 0 aliphatic heterocycles. The largest absolute Gasteiger partial charge is 0.497 e. The molecular weight excluding hydrogens is 368 g/mol. The summed E-state index contributed by atoms with van der Waals surface area (Å²) in [5.41, 5.74) is 1.90. The molecule has 5 nitrogen and oxygen atoms in total. The van der Waals surface area contributed by atoms with Crippen LogP contribution in [0.25, 0.3) is 0 Å². The molecule has 0 unspecified atom stereocenters. The lowest BCUT2D eigenvalue weighted by molar-refractivity contribution is -0.132. The number of benzene rings is 2. The zero-order valence-corrected chi connectivity index (χ0v) is 16.5. The normalized spacial score (nSPS) is 10.7. The lowest BCUT2D eigenvalue weighted by atomic mass is 10.1. The Hall–Kier alpha value is -2.83. The maximum atomic E-state index is 12.8. The van der Waals surface area contributed by atoms with Crippen LogP contribution in [0.15, 0.2) is 36.4 Å². The quantitative estimate of drug-likeness (QED) is 0.627. The fraction of sp³-hybridized carbons (Fsp3) is 0.381. The fourth-order valence-corrected chi connectivity index (χ4v) is 2.95. The molecule has 0 N–H and O–H groups in total. The zero-order valence-electron chi connectivity index (χ0n) is 16.5. The van der Waals surface area contributed by atoms with Crippen molar-refractivity contribution < 1.29 is 27.8 Å². The number of halogens is 2. The summed E-state index contributed by atoms with van der Waals surface area (Å²) in [4.78, 5) is 14.1. The van der Waals surface area contributed by atoms with Gasteiger partial charge in [-0.05, 0) is 24.6 Å². The third-order valence-corrected chi connectivity index (χ3v) is 4.37. The molecule has 0 saturated heterocycles. The van der Waals surface area contributed by atoms with Crippen molar-refractivity contribution in [2.45, 2.75) is 40.0 Å². The van der Waals surface area contributed by atoms with Crippen molar-refractivity contribution >= 4 is 5.91 Å². The summed E-state index contributed by atoms with van der Waals surface area (Å²) >= 11 is 0. The summed E-state index contributed by atoms with van der Waals surface area (Å²) < 4.78 is 41.0. The maximum Gasteiger partial charge on any atom is 0.387 e. The van der Waals surface area contributed by atoms with E-state index in [-0.39, 0.29) is 31.2 Å². The van der Waals surface area contributed by atoms with E-state index in [9.17, 15) is 13.6 Å². The highest BCUT2D eigenvalue weighted by molar-refractivity contribution is 5.76. The minimum Gasteiger partial charge on any atom is -0.497 e. The maximum absolute atomic E-state index is 12.8. The van der Waals surface area contributed by atoms with Crippen LogP contribution in [-0.4, -0.2) is 31.6 Å². The van der Waals surface area contributed by atoms with Crippen LogP contribution < -0.4 is 14.2 Å². The van der Waals surface area contributed by atoms with E-state index in [4.69, 9.17) is 14.2 Å². The Morgan fingerprint density at radius 1 is 1.07 bits per heavy atom. The molecule has 0 heterocycles. The monoisotopic (exact) mass is 393 g/mol. The summed E-state index contributed by atoms with van der Waals surface area (Å²) in [5.74, 6) is 1.22. The van der Waals surface area contributed by atoms with Gasteiger partial charge in [0.15, 0.2) is 0 Å². The molecule has 28 heavy (non-hydrogen) atoms. The fourth-order valence-electron chi connectivity index (χ4n) is 2.95. The highest BCUT2D eigenvalue weighted by atomic mass is 19.3. The van der Waals surface area contributed by atoms with Crippen LogP contribution in [0.3, 0.4) is 0 Å². The van der Waals surface area contributed by atoms with Gasteiger partial charge in [-0.15, -0.1) is 0 Å². The summed E-state index contributed by atoms with van der Waals surface area (Å²) in [6.45, 7) is 0.928. The number of para-hydroxylation sites is 1. The number of hydrogen-bond acceptors (Lipinski definition) is 4. The van der Waals surface area contributed by atoms with Crippen molar-refractivity contribution in [1.82, 2.24) is 4.90 Å². The number of nitrogens with zero attached hydrogens (tertiary/aromatic N) is 1. The molecule has 0 bridgehead atoms. The summed E-state index contributed by atoms with van der Waals surface area (Å²) in [5, 5.41) is 0. The second kappa shape index (κ2) is 9.92. The summed E-state index contributed by atoms with van der Waals surface area (Å²) in [6.07, 6.45) is 0.287. The molecular formula is C21H25F2NO4. The van der Waals surface area contributed by atoms with Crippen LogP contribution in [0.2, 0.25) is 0 Å². The highest BCUT2D eigenvalue weighted by Crippen LogP contribution is 2.29. The van der Waals surface area contributed by atoms with Gasteiger partial charge in [-0.3, -0.25) is 4.79 Å². The van der Waals surface area contributed by atoms with Gasteiger partial charge in [-0.25, -0.2) is 0 Å². The van der Waals surface area contributed by atoms with Crippen molar-refractivity contribution in [2.24, 2.45) is 0 Å². The molecule has 1 amide bonds. The Labute approximate surface area is 163 Å². The number of amides is 1. The van der Waals surface area contributed by atoms with Crippen LogP contribution in [0.5, 0.6) is 17.2 Å². The van der Waals surface area contributed by atoms with Crippen molar-refractivity contribution in [3.8, 4) is 17.2 Å². The van der Waals surface area contributed by atoms with Gasteiger partial charge in [-0.2, -0.15) is 8.78 Å². The first kappa shape index (κ1) is 21.5. The molecule has 0 atom stereocenters. The first-order chi connectivity index (χ1) is 13.4. The molecule has 0 aliphatic carbocycles. The van der Waals surface area contributed by atoms with E-state index in [0.717, 1.165) is 5.56 Å². The number of hydrogen-bond donors (Lipinski definition) is 0. The molecule has 0 fully saturated rings. The smallest absolute Gasteiger partial charge is 0.387 e. The first-order valence-electron chi connectivity index (χ1n) is 8.91. The summed E-state index contributed by atoms with van der Waals surface area (Å²) in [6, 6.07) is 10.5. The van der Waals surface area contributed by atoms with Crippen LogP contribution in [0, 0.1) is 6.92 Å². The Balaban J connectivity index is 2.34. The van der Waals surface area contributed by atoms with Gasteiger partial charge in [0, 0.05) is 36.7 Å². The predicted molar refractivity (Wildman–Crippen MR) is 102 cm³/mol. The Bertz CT molecular complexity index is 811. The molecule has 0 saturated carbocycles. The lowest BCUT2D eigenvalue weighted by Gasteiger charge is -2.25. The number of rotatable bonds is 9. The number of carbonyl (C=O) groups excluding carboxylic acids is 1. The standard InChI is InChI=1S/C21H25F2NO4/c1-5-19(25)24(12-15-9-10-17(26-3)11-18(15)27-4)13-16-8-6-7-14(2)20(16)28-21(22)23/h6-11,21H,5,12-13H2,1-4H3. The topological polar surface area (TPSA) is 48.0 Å². The van der Waals surface area contributed by atoms with E-state index in [0.29, 0.717) is 22.6 Å². The second-order valence-corrected chi connectivity index (χ2v) is 6.22. The van der Waals surface area contributed by atoms with Crippen LogP contribution in [-0.2, 0) is 17.9 Å². The van der Waals surface area contributed by atoms with Crippen molar-refractivity contribution in [2.75, 3.05) is 14.2 Å². The molecule has 2 aromatic carbocycles. The molecule has 0 aliphatic rings. The Morgan fingerprint density at radius 2 is 1.79 bits per heavy atom. The van der Waals surface area contributed by atoms with Crippen LogP contribution in [0.1, 0.15) is 30.0 Å². The number of methoxy groups -OCH3 is 2. The molecule has 7 heteroatoms. The van der Waals surface area contributed by atoms with Gasteiger partial charge >= 0.3 is 6.61 Å². The van der Waals surface area contributed by atoms with Gasteiger partial charge in [0.05, 0.1) is 14.2 Å². The van der Waals surface area contributed by atoms with E-state index in [1.54, 1.807) is 63.3 Å². The number of aryl methyl sites for hydroxylation is 1. The van der Waals surface area contributed by atoms with Gasteiger partial charge in [0.1, 0.15) is 17.2 Å². The third kappa shape index (κ3) is 5.34. The van der Waals surface area contributed by atoms with E-state index < -0.39 is 6.61 Å². The van der Waals surface area contributed by atoms with Crippen molar-refractivity contribution in [1.29, 1.82) is 0 Å². The number of carbonyl (C=O) groups is 1. The van der Waals surface area contributed by atoms with E-state index in [1.807, 2.05) is 6.07 Å². The zero-order chi connectivity index (χ0) is 20.7. The number of alkyl halides is 2. The van der Waals surface area contributed by atoms with Crippen LogP contribution in [0.4, 0.5) is 8.78 Å². The molecule has 0 aromatic heterocycles. The molecule has 152 valence electrons. The minimum atomic E-state index is -2.93. The lowest BCUT2D eigenvalue weighted by Crippen LogP contribution is -2.30. The number of ether oxygens (including phenoxy) is 3. The van der Waals surface area contributed by atoms with Gasteiger partial charge in [-0.1, -0.05) is 25.1 Å². The first-order valence-corrected chi connectivity index (χ1v) is 8.91. The van der Waals surface area contributed by atoms with E-state index in [2.05, 4.69) is 0 Å². The third-order valence-electron chi connectivity index (χ3n) is 4.37. The molecule has 0 radical (unpaired) electrons. The van der Waals surface area contributed by atoms with E-state index >= 15 is 0 Å². The minimum absolute atomic E-state index is 0.105. The average Bonchev–Trinajstić information content (AvgIpc) is 2.69. The van der Waals surface area contributed by atoms with Crippen LogP contribution >= 0.6 is 0 Å². The van der Waals surface area contributed by atoms with E-state index in [1.165, 1.54) is 0 Å². The van der Waals surface area contributed by atoms with Crippen molar-refractivity contribution in [3.05, 3.63) is 53.1 Å². The molecule has 2 aromatic rings. The highest BCUT2D eigenvalue weighted by Gasteiger charge is 2.19. The van der Waals surface area contributed by atoms with Gasteiger partial charge in [0.25, 0.3) is 0 Å². The predicted octanol–water partition coefficient (Wildman–Crippen LogP) is 4.55. The van der Waals surface area contributed by atoms with Crippen molar-refractivity contribution in [3.63, 3.8) is 0 Å². The SMILES string of the molecule is CCC(=O)N(Cc1ccc(OC)cc1OC)Cc1cccc(C)c1OC(F)F. The molecule has 2 rings (SSSR count).